The third-order valence-electron chi connectivity index (χ3n) is 4.74. The number of benzene rings is 2. The minimum atomic E-state index is -0.492. The Morgan fingerprint density at radius 3 is 2.44 bits per heavy atom. The van der Waals surface area contributed by atoms with Gasteiger partial charge in [0.15, 0.2) is 6.10 Å². The number of hydrogen-bond donors (Lipinski definition) is 1. The van der Waals surface area contributed by atoms with Gasteiger partial charge in [0, 0.05) is 0 Å². The van der Waals surface area contributed by atoms with Gasteiger partial charge in [-0.1, -0.05) is 42.8 Å². The first-order valence-electron chi connectivity index (χ1n) is 8.93. The van der Waals surface area contributed by atoms with Crippen LogP contribution < -0.4 is 10.1 Å². The van der Waals surface area contributed by atoms with Gasteiger partial charge in [-0.25, -0.2) is 0 Å². The number of hydrogen-bond acceptors (Lipinski definition) is 2. The normalized spacial score (nSPS) is 13.2. The zero-order valence-electron chi connectivity index (χ0n) is 16.1. The first-order chi connectivity index (χ1) is 11.8. The molecule has 0 spiro atoms. The molecule has 0 aliphatic carbocycles. The van der Waals surface area contributed by atoms with Crippen LogP contribution in [-0.4, -0.2) is 12.0 Å². The van der Waals surface area contributed by atoms with Crippen LogP contribution in [0.15, 0.2) is 36.4 Å². The van der Waals surface area contributed by atoms with E-state index in [1.165, 1.54) is 11.1 Å². The lowest BCUT2D eigenvalue weighted by Crippen LogP contribution is -2.39. The van der Waals surface area contributed by atoms with Gasteiger partial charge in [-0.3, -0.25) is 4.79 Å². The molecule has 3 nitrogen and oxygen atoms in total. The van der Waals surface area contributed by atoms with Gasteiger partial charge in [-0.15, -0.1) is 0 Å². The number of ether oxygens (including phenoxy) is 1. The Hall–Kier alpha value is -2.29. The van der Waals surface area contributed by atoms with Crippen LogP contribution in [0.25, 0.3) is 0 Å². The summed E-state index contributed by atoms with van der Waals surface area (Å²) in [6.07, 6.45) is 0.132. The van der Waals surface area contributed by atoms with Crippen LogP contribution in [0.1, 0.15) is 54.1 Å². The third kappa shape index (κ3) is 4.62. The Morgan fingerprint density at radius 2 is 1.80 bits per heavy atom. The van der Waals surface area contributed by atoms with Crippen LogP contribution >= 0.6 is 0 Å². The summed E-state index contributed by atoms with van der Waals surface area (Å²) in [5.74, 6) is 0.706. The summed E-state index contributed by atoms with van der Waals surface area (Å²) in [6, 6.07) is 12.2. The van der Waals surface area contributed by atoms with Crippen LogP contribution in [-0.2, 0) is 4.79 Å². The molecule has 2 aromatic carbocycles. The number of carbonyl (C=O) groups excluding carboxylic acids is 1. The van der Waals surface area contributed by atoms with Gasteiger partial charge >= 0.3 is 0 Å². The Morgan fingerprint density at radius 1 is 1.08 bits per heavy atom. The average molecular weight is 339 g/mol. The molecule has 0 saturated heterocycles. The number of rotatable bonds is 6. The van der Waals surface area contributed by atoms with E-state index in [1.54, 1.807) is 0 Å². The fourth-order valence-corrected chi connectivity index (χ4v) is 3.02. The highest BCUT2D eigenvalue weighted by Gasteiger charge is 2.22. The first-order valence-corrected chi connectivity index (χ1v) is 8.93. The SMILES string of the molecule is CC[C@H](Oc1cccc(C)c1C)C(=O)N[C@H](C)c1ccc(C)cc1C. The molecule has 0 aliphatic heterocycles. The van der Waals surface area contributed by atoms with Crippen LogP contribution in [0.4, 0.5) is 0 Å². The summed E-state index contributed by atoms with van der Waals surface area (Å²) >= 11 is 0. The third-order valence-corrected chi connectivity index (χ3v) is 4.74. The van der Waals surface area contributed by atoms with Crippen molar-refractivity contribution in [2.75, 3.05) is 0 Å². The molecule has 0 aromatic heterocycles. The highest BCUT2D eigenvalue weighted by molar-refractivity contribution is 5.81. The number of nitrogens with one attached hydrogen (secondary N) is 1. The van der Waals surface area contributed by atoms with Gasteiger partial charge in [0.2, 0.25) is 0 Å². The summed E-state index contributed by atoms with van der Waals surface area (Å²) in [5, 5.41) is 3.10. The zero-order chi connectivity index (χ0) is 18.6. The first kappa shape index (κ1) is 19.0. The molecule has 2 atom stereocenters. The molecule has 134 valence electrons. The van der Waals surface area contributed by atoms with E-state index in [4.69, 9.17) is 4.74 Å². The molecule has 2 aromatic rings. The molecule has 0 aliphatic rings. The second-order valence-corrected chi connectivity index (χ2v) is 6.80. The van der Waals surface area contributed by atoms with Gasteiger partial charge < -0.3 is 10.1 Å². The van der Waals surface area contributed by atoms with Crippen molar-refractivity contribution in [3.63, 3.8) is 0 Å². The van der Waals surface area contributed by atoms with Gasteiger partial charge in [0.05, 0.1) is 6.04 Å². The smallest absolute Gasteiger partial charge is 0.261 e. The Balaban J connectivity index is 2.10. The quantitative estimate of drug-likeness (QED) is 0.808. The molecule has 0 unspecified atom stereocenters. The molecule has 0 bridgehead atoms. The minimum absolute atomic E-state index is 0.0515. The maximum absolute atomic E-state index is 12.7. The second-order valence-electron chi connectivity index (χ2n) is 6.80. The van der Waals surface area contributed by atoms with Crippen molar-refractivity contribution in [2.45, 2.75) is 60.1 Å². The molecule has 1 N–H and O–H groups in total. The number of amides is 1. The van der Waals surface area contributed by atoms with E-state index < -0.39 is 6.10 Å². The van der Waals surface area contributed by atoms with E-state index in [0.717, 1.165) is 22.4 Å². The van der Waals surface area contributed by atoms with Crippen LogP contribution in [0, 0.1) is 27.7 Å². The fourth-order valence-electron chi connectivity index (χ4n) is 3.02. The Bertz CT molecular complexity index is 752. The molecule has 0 radical (unpaired) electrons. The number of aryl methyl sites for hydroxylation is 3. The highest BCUT2D eigenvalue weighted by atomic mass is 16.5. The van der Waals surface area contributed by atoms with Crippen LogP contribution in [0.3, 0.4) is 0 Å². The van der Waals surface area contributed by atoms with Crippen molar-refractivity contribution in [3.8, 4) is 5.75 Å². The van der Waals surface area contributed by atoms with Crippen LogP contribution in [0.5, 0.6) is 5.75 Å². The minimum Gasteiger partial charge on any atom is -0.480 e. The van der Waals surface area contributed by atoms with E-state index in [9.17, 15) is 4.79 Å². The van der Waals surface area contributed by atoms with Crippen molar-refractivity contribution in [1.82, 2.24) is 5.32 Å². The molecule has 3 heteroatoms. The molecular formula is C22H29NO2. The van der Waals surface area contributed by atoms with E-state index >= 15 is 0 Å². The summed E-state index contributed by atoms with van der Waals surface area (Å²) in [7, 11) is 0. The summed E-state index contributed by atoms with van der Waals surface area (Å²) in [4.78, 5) is 12.7. The molecule has 0 heterocycles. The van der Waals surface area contributed by atoms with Crippen molar-refractivity contribution < 1.29 is 9.53 Å². The van der Waals surface area contributed by atoms with E-state index in [-0.39, 0.29) is 11.9 Å². The van der Waals surface area contributed by atoms with Crippen molar-refractivity contribution in [2.24, 2.45) is 0 Å². The topological polar surface area (TPSA) is 38.3 Å². The molecule has 0 saturated carbocycles. The summed E-state index contributed by atoms with van der Waals surface area (Å²) in [5.41, 5.74) is 5.80. The molecule has 2 rings (SSSR count). The van der Waals surface area contributed by atoms with Gasteiger partial charge in [0.25, 0.3) is 5.91 Å². The maximum atomic E-state index is 12.7. The lowest BCUT2D eigenvalue weighted by molar-refractivity contribution is -0.128. The second kappa shape index (κ2) is 8.19. The predicted molar refractivity (Wildman–Crippen MR) is 103 cm³/mol. The lowest BCUT2D eigenvalue weighted by atomic mass is 10.00. The summed E-state index contributed by atoms with van der Waals surface area (Å²) in [6.45, 7) is 12.2. The van der Waals surface area contributed by atoms with Gasteiger partial charge in [-0.05, 0) is 69.4 Å². The van der Waals surface area contributed by atoms with Gasteiger partial charge in [-0.2, -0.15) is 0 Å². The van der Waals surface area contributed by atoms with Gasteiger partial charge in [0.1, 0.15) is 5.75 Å². The molecular weight excluding hydrogens is 310 g/mol. The van der Waals surface area contributed by atoms with E-state index in [2.05, 4.69) is 37.4 Å². The monoisotopic (exact) mass is 339 g/mol. The van der Waals surface area contributed by atoms with Crippen molar-refractivity contribution in [1.29, 1.82) is 0 Å². The lowest BCUT2D eigenvalue weighted by Gasteiger charge is -2.23. The molecule has 1 amide bonds. The highest BCUT2D eigenvalue weighted by Crippen LogP contribution is 2.23. The predicted octanol–water partition coefficient (Wildman–Crippen LogP) is 4.96. The fraction of sp³-hybridized carbons (Fsp3) is 0.409. The largest absolute Gasteiger partial charge is 0.480 e. The molecule has 0 fully saturated rings. The standard InChI is InChI=1S/C22H29NO2/c1-7-20(25-21-10-8-9-15(3)17(21)5)22(24)23-18(6)19-12-11-14(2)13-16(19)4/h8-13,18,20H,7H2,1-6H3,(H,23,24)/t18-,20+/m1/s1. The van der Waals surface area contributed by atoms with E-state index in [1.807, 2.05) is 45.9 Å². The summed E-state index contributed by atoms with van der Waals surface area (Å²) < 4.78 is 6.01. The Labute approximate surface area is 151 Å². The average Bonchev–Trinajstić information content (AvgIpc) is 2.55. The molecule has 25 heavy (non-hydrogen) atoms. The Kier molecular flexibility index (Phi) is 6.24. The van der Waals surface area contributed by atoms with Crippen molar-refractivity contribution in [3.05, 3.63) is 64.2 Å². The number of carbonyl (C=O) groups is 1. The maximum Gasteiger partial charge on any atom is 0.261 e. The van der Waals surface area contributed by atoms with E-state index in [0.29, 0.717) is 6.42 Å². The van der Waals surface area contributed by atoms with Crippen LogP contribution in [0.2, 0.25) is 0 Å². The zero-order valence-corrected chi connectivity index (χ0v) is 16.1. The van der Waals surface area contributed by atoms with Crippen molar-refractivity contribution >= 4 is 5.91 Å².